The van der Waals surface area contributed by atoms with Crippen molar-refractivity contribution in [3.63, 3.8) is 0 Å². The van der Waals surface area contributed by atoms with Crippen molar-refractivity contribution in [3.05, 3.63) is 26.4 Å². The molecule has 2 rings (SSSR count). The van der Waals surface area contributed by atoms with Gasteiger partial charge in [0.25, 0.3) is 5.56 Å². The summed E-state index contributed by atoms with van der Waals surface area (Å²) in [6, 6.07) is 0. The monoisotopic (exact) mass is 361 g/mol. The fourth-order valence-electron chi connectivity index (χ4n) is 1.79. The number of hydrogen-bond acceptors (Lipinski definition) is 4. The number of halogens is 1. The van der Waals surface area contributed by atoms with E-state index < -0.39 is 0 Å². The lowest BCUT2D eigenvalue weighted by atomic mass is 10.1. The molecule has 0 aliphatic carbocycles. The Labute approximate surface area is 117 Å². The molecule has 0 radical (unpaired) electrons. The van der Waals surface area contributed by atoms with Gasteiger partial charge < -0.3 is 4.90 Å². The molecule has 7 heteroatoms. The van der Waals surface area contributed by atoms with Gasteiger partial charge in [0, 0.05) is 32.1 Å². The van der Waals surface area contributed by atoms with E-state index in [1.54, 1.807) is 4.90 Å². The Morgan fingerprint density at radius 3 is 2.67 bits per heavy atom. The second kappa shape index (κ2) is 5.59. The summed E-state index contributed by atoms with van der Waals surface area (Å²) in [4.78, 5) is 40.3. The van der Waals surface area contributed by atoms with Crippen molar-refractivity contribution in [2.45, 2.75) is 19.4 Å². The van der Waals surface area contributed by atoms with Crippen LogP contribution in [0.3, 0.4) is 0 Å². The van der Waals surface area contributed by atoms with E-state index in [9.17, 15) is 14.4 Å². The predicted octanol–water partition coefficient (Wildman–Crippen LogP) is 0.0394. The average molecular weight is 361 g/mol. The first kappa shape index (κ1) is 13.2. The summed E-state index contributed by atoms with van der Waals surface area (Å²) in [5.41, 5.74) is -0.216. The van der Waals surface area contributed by atoms with Crippen LogP contribution >= 0.6 is 22.6 Å². The van der Waals surface area contributed by atoms with Gasteiger partial charge in [0.05, 0.1) is 9.90 Å². The molecule has 6 nitrogen and oxygen atoms in total. The van der Waals surface area contributed by atoms with Gasteiger partial charge in [0.15, 0.2) is 0 Å². The molecule has 1 amide bonds. The van der Waals surface area contributed by atoms with Crippen molar-refractivity contribution >= 4 is 34.3 Å². The number of piperidine rings is 1. The first-order valence-corrected chi connectivity index (χ1v) is 6.65. The largest absolute Gasteiger partial charge is 0.340 e. The summed E-state index contributed by atoms with van der Waals surface area (Å²) in [7, 11) is 0. The summed E-state index contributed by atoms with van der Waals surface area (Å²) < 4.78 is 1.78. The van der Waals surface area contributed by atoms with Gasteiger partial charge in [0.2, 0.25) is 5.91 Å². The number of carbonyl (C=O) groups excluding carboxylic acids is 2. The third kappa shape index (κ3) is 2.95. The maximum Gasteiger partial charge on any atom is 0.267 e. The number of rotatable bonds is 2. The van der Waals surface area contributed by atoms with E-state index in [0.717, 1.165) is 0 Å². The Hall–Kier alpha value is -1.25. The molecule has 0 saturated carbocycles. The Kier molecular flexibility index (Phi) is 4.10. The smallest absolute Gasteiger partial charge is 0.267 e. The molecule has 1 fully saturated rings. The number of ketones is 1. The third-order valence-corrected chi connectivity index (χ3v) is 3.58. The fraction of sp³-hybridized carbons (Fsp3) is 0.455. The second-order valence-electron chi connectivity index (χ2n) is 4.09. The zero-order valence-electron chi connectivity index (χ0n) is 9.63. The Bertz CT molecular complexity index is 531. The van der Waals surface area contributed by atoms with Crippen LogP contribution < -0.4 is 5.56 Å². The highest BCUT2D eigenvalue weighted by atomic mass is 127. The van der Waals surface area contributed by atoms with Gasteiger partial charge in [-0.25, -0.2) is 4.98 Å². The van der Waals surface area contributed by atoms with Gasteiger partial charge >= 0.3 is 0 Å². The molecule has 1 aliphatic rings. The minimum absolute atomic E-state index is 0.0170. The van der Waals surface area contributed by atoms with E-state index in [-0.39, 0.29) is 23.8 Å². The number of aromatic nitrogens is 2. The number of nitrogens with zero attached hydrogens (tertiary/aromatic N) is 3. The van der Waals surface area contributed by atoms with Gasteiger partial charge in [-0.15, -0.1) is 0 Å². The zero-order chi connectivity index (χ0) is 13.1. The highest BCUT2D eigenvalue weighted by Crippen LogP contribution is 2.06. The van der Waals surface area contributed by atoms with Crippen LogP contribution in [-0.2, 0) is 16.1 Å². The number of hydrogen-bond donors (Lipinski definition) is 0. The quantitative estimate of drug-likeness (QED) is 0.698. The molecular formula is C11H12IN3O3. The Morgan fingerprint density at radius 2 is 2.00 bits per heavy atom. The maximum atomic E-state index is 12.0. The standard InChI is InChI=1S/C11H12IN3O3/c12-9-5-13-7-15(11(9)18)6-10(17)14-3-1-8(16)2-4-14/h5,7H,1-4,6H2. The molecular weight excluding hydrogens is 349 g/mol. The molecule has 0 spiro atoms. The average Bonchev–Trinajstić information content (AvgIpc) is 2.36. The number of carbonyl (C=O) groups is 2. The number of likely N-dealkylation sites (tertiary alicyclic amines) is 1. The second-order valence-corrected chi connectivity index (χ2v) is 5.26. The van der Waals surface area contributed by atoms with Gasteiger partial charge in [-0.05, 0) is 22.6 Å². The van der Waals surface area contributed by atoms with Gasteiger partial charge in [0.1, 0.15) is 12.3 Å². The molecule has 1 aromatic heterocycles. The van der Waals surface area contributed by atoms with Crippen molar-refractivity contribution in [2.24, 2.45) is 0 Å². The van der Waals surface area contributed by atoms with E-state index in [1.807, 2.05) is 22.6 Å². The van der Waals surface area contributed by atoms with Crippen LogP contribution in [-0.4, -0.2) is 39.2 Å². The van der Waals surface area contributed by atoms with Gasteiger partial charge in [-0.1, -0.05) is 0 Å². The summed E-state index contributed by atoms with van der Waals surface area (Å²) >= 11 is 1.89. The Morgan fingerprint density at radius 1 is 1.33 bits per heavy atom. The normalized spacial score (nSPS) is 15.8. The SMILES string of the molecule is O=C1CCN(C(=O)Cn2cncc(I)c2=O)CC1. The van der Waals surface area contributed by atoms with Crippen LogP contribution in [0.1, 0.15) is 12.8 Å². The minimum Gasteiger partial charge on any atom is -0.340 e. The lowest BCUT2D eigenvalue weighted by Gasteiger charge is -2.26. The van der Waals surface area contributed by atoms with Crippen LogP contribution in [0.15, 0.2) is 17.3 Å². The summed E-state index contributed by atoms with van der Waals surface area (Å²) in [6.45, 7) is 0.879. The van der Waals surface area contributed by atoms with Gasteiger partial charge in [-0.2, -0.15) is 0 Å². The van der Waals surface area contributed by atoms with E-state index in [0.29, 0.717) is 29.5 Å². The molecule has 0 bridgehead atoms. The van der Waals surface area contributed by atoms with E-state index >= 15 is 0 Å². The molecule has 2 heterocycles. The topological polar surface area (TPSA) is 72.3 Å². The third-order valence-electron chi connectivity index (χ3n) is 2.84. The molecule has 1 aromatic rings. The van der Waals surface area contributed by atoms with Crippen LogP contribution in [0.25, 0.3) is 0 Å². The zero-order valence-corrected chi connectivity index (χ0v) is 11.8. The summed E-state index contributed by atoms with van der Waals surface area (Å²) in [6.07, 6.45) is 3.64. The molecule has 1 saturated heterocycles. The molecule has 0 atom stereocenters. The van der Waals surface area contributed by atoms with E-state index in [1.165, 1.54) is 17.1 Å². The van der Waals surface area contributed by atoms with Crippen LogP contribution in [0.2, 0.25) is 0 Å². The van der Waals surface area contributed by atoms with Crippen LogP contribution in [0.5, 0.6) is 0 Å². The molecule has 0 unspecified atom stereocenters. The first-order valence-electron chi connectivity index (χ1n) is 5.57. The van der Waals surface area contributed by atoms with Crippen molar-refractivity contribution in [1.29, 1.82) is 0 Å². The lowest BCUT2D eigenvalue weighted by Crippen LogP contribution is -2.41. The van der Waals surface area contributed by atoms with Crippen molar-refractivity contribution in [1.82, 2.24) is 14.5 Å². The fourth-order valence-corrected chi connectivity index (χ4v) is 2.26. The molecule has 0 aromatic carbocycles. The lowest BCUT2D eigenvalue weighted by molar-refractivity contribution is -0.135. The highest BCUT2D eigenvalue weighted by molar-refractivity contribution is 14.1. The van der Waals surface area contributed by atoms with E-state index in [4.69, 9.17) is 0 Å². The van der Waals surface area contributed by atoms with Crippen molar-refractivity contribution in [3.8, 4) is 0 Å². The van der Waals surface area contributed by atoms with Crippen LogP contribution in [0, 0.1) is 3.57 Å². The van der Waals surface area contributed by atoms with Crippen molar-refractivity contribution < 1.29 is 9.59 Å². The van der Waals surface area contributed by atoms with Crippen LogP contribution in [0.4, 0.5) is 0 Å². The molecule has 96 valence electrons. The molecule has 18 heavy (non-hydrogen) atoms. The molecule has 0 N–H and O–H groups in total. The van der Waals surface area contributed by atoms with Crippen molar-refractivity contribution in [2.75, 3.05) is 13.1 Å². The summed E-state index contributed by atoms with van der Waals surface area (Å²) in [5, 5.41) is 0. The number of amides is 1. The van der Waals surface area contributed by atoms with E-state index in [2.05, 4.69) is 4.98 Å². The predicted molar refractivity (Wildman–Crippen MR) is 72.0 cm³/mol. The maximum absolute atomic E-state index is 12.0. The molecule has 1 aliphatic heterocycles. The minimum atomic E-state index is -0.216. The number of Topliss-reactive ketones (excluding diaryl/α,β-unsaturated/α-hetero) is 1. The van der Waals surface area contributed by atoms with Gasteiger partial charge in [-0.3, -0.25) is 19.0 Å². The summed E-state index contributed by atoms with van der Waals surface area (Å²) in [5.74, 6) is 0.0422. The first-order chi connectivity index (χ1) is 8.58. The highest BCUT2D eigenvalue weighted by Gasteiger charge is 2.21. The Balaban J connectivity index is 2.05.